The first-order valence-corrected chi connectivity index (χ1v) is 6.29. The molecule has 0 bridgehead atoms. The summed E-state index contributed by atoms with van der Waals surface area (Å²) in [4.78, 5) is 2.27. The lowest BCUT2D eigenvalue weighted by Crippen LogP contribution is -2.42. The predicted molar refractivity (Wildman–Crippen MR) is 68.6 cm³/mol. The second-order valence-electron chi connectivity index (χ2n) is 3.94. The van der Waals surface area contributed by atoms with Crippen molar-refractivity contribution in [3.63, 3.8) is 0 Å². The third kappa shape index (κ3) is 2.65. The van der Waals surface area contributed by atoms with E-state index in [1.165, 1.54) is 0 Å². The van der Waals surface area contributed by atoms with Crippen molar-refractivity contribution in [3.8, 4) is 0 Å². The molecule has 15 heavy (non-hydrogen) atoms. The van der Waals surface area contributed by atoms with Gasteiger partial charge < -0.3 is 10.6 Å². The average Bonchev–Trinajstić information content (AvgIpc) is 2.22. The average molecular weight is 290 g/mol. The molecule has 1 unspecified atom stereocenters. The van der Waals surface area contributed by atoms with Crippen LogP contribution in [0.1, 0.15) is 12.8 Å². The summed E-state index contributed by atoms with van der Waals surface area (Å²) >= 11 is 9.64. The van der Waals surface area contributed by atoms with Gasteiger partial charge in [-0.25, -0.2) is 0 Å². The summed E-state index contributed by atoms with van der Waals surface area (Å²) in [5.74, 6) is 0. The minimum Gasteiger partial charge on any atom is -0.369 e. The van der Waals surface area contributed by atoms with E-state index in [9.17, 15) is 0 Å². The number of nitrogens with zero attached hydrogens (tertiary/aromatic N) is 1. The Labute approximate surface area is 104 Å². The maximum atomic E-state index is 6.17. The lowest BCUT2D eigenvalue weighted by molar-refractivity contribution is 0.506. The lowest BCUT2D eigenvalue weighted by atomic mass is 10.1. The molecule has 0 aromatic heterocycles. The van der Waals surface area contributed by atoms with Gasteiger partial charge in [-0.05, 0) is 31.0 Å². The zero-order valence-corrected chi connectivity index (χ0v) is 10.8. The molecule has 0 amide bonds. The standard InChI is InChI=1S/C11H14BrClN2/c12-8-3-4-10(13)11(6-8)15-5-1-2-9(14)7-15/h3-4,6,9H,1-2,5,7,14H2. The van der Waals surface area contributed by atoms with E-state index in [0.29, 0.717) is 0 Å². The topological polar surface area (TPSA) is 29.3 Å². The molecule has 1 aromatic rings. The number of benzene rings is 1. The molecule has 1 saturated heterocycles. The zero-order chi connectivity index (χ0) is 10.8. The van der Waals surface area contributed by atoms with Crippen LogP contribution in [0.3, 0.4) is 0 Å². The summed E-state index contributed by atoms with van der Waals surface area (Å²) < 4.78 is 1.06. The van der Waals surface area contributed by atoms with Crippen molar-refractivity contribution in [2.24, 2.45) is 5.73 Å². The number of hydrogen-bond donors (Lipinski definition) is 1. The highest BCUT2D eigenvalue weighted by molar-refractivity contribution is 9.10. The molecule has 2 nitrogen and oxygen atoms in total. The Morgan fingerprint density at radius 1 is 1.47 bits per heavy atom. The molecule has 0 saturated carbocycles. The van der Waals surface area contributed by atoms with Crippen LogP contribution in [-0.4, -0.2) is 19.1 Å². The number of anilines is 1. The van der Waals surface area contributed by atoms with Crippen LogP contribution >= 0.6 is 27.5 Å². The van der Waals surface area contributed by atoms with E-state index in [2.05, 4.69) is 26.9 Å². The summed E-state index contributed by atoms with van der Waals surface area (Å²) in [6.45, 7) is 1.94. The number of rotatable bonds is 1. The van der Waals surface area contributed by atoms with Gasteiger partial charge in [0.1, 0.15) is 0 Å². The smallest absolute Gasteiger partial charge is 0.0640 e. The van der Waals surface area contributed by atoms with Crippen LogP contribution in [0.2, 0.25) is 5.02 Å². The monoisotopic (exact) mass is 288 g/mol. The van der Waals surface area contributed by atoms with Gasteiger partial charge in [-0.15, -0.1) is 0 Å². The van der Waals surface area contributed by atoms with Gasteiger partial charge in [0.25, 0.3) is 0 Å². The van der Waals surface area contributed by atoms with E-state index in [1.807, 2.05) is 12.1 Å². The van der Waals surface area contributed by atoms with Crippen LogP contribution in [0.25, 0.3) is 0 Å². The number of hydrogen-bond acceptors (Lipinski definition) is 2. The quantitative estimate of drug-likeness (QED) is 0.861. The SMILES string of the molecule is NC1CCCN(c2cc(Br)ccc2Cl)C1. The highest BCUT2D eigenvalue weighted by Gasteiger charge is 2.18. The fraction of sp³-hybridized carbons (Fsp3) is 0.455. The van der Waals surface area contributed by atoms with Crippen molar-refractivity contribution in [2.75, 3.05) is 18.0 Å². The first-order chi connectivity index (χ1) is 7.16. The van der Waals surface area contributed by atoms with Gasteiger partial charge >= 0.3 is 0 Å². The van der Waals surface area contributed by atoms with Gasteiger partial charge in [0.05, 0.1) is 10.7 Å². The molecule has 0 spiro atoms. The third-order valence-electron chi connectivity index (χ3n) is 2.71. The second kappa shape index (κ2) is 4.73. The number of halogens is 2. The van der Waals surface area contributed by atoms with Crippen molar-refractivity contribution < 1.29 is 0 Å². The van der Waals surface area contributed by atoms with Crippen molar-refractivity contribution in [1.29, 1.82) is 0 Å². The van der Waals surface area contributed by atoms with E-state index in [1.54, 1.807) is 0 Å². The summed E-state index contributed by atoms with van der Waals surface area (Å²) in [5.41, 5.74) is 7.04. The Kier molecular flexibility index (Phi) is 3.54. The van der Waals surface area contributed by atoms with Crippen LogP contribution in [0, 0.1) is 0 Å². The van der Waals surface area contributed by atoms with E-state index in [-0.39, 0.29) is 6.04 Å². The van der Waals surface area contributed by atoms with Gasteiger partial charge in [0, 0.05) is 23.6 Å². The highest BCUT2D eigenvalue weighted by atomic mass is 79.9. The van der Waals surface area contributed by atoms with E-state index >= 15 is 0 Å². The van der Waals surface area contributed by atoms with Crippen LogP contribution in [0.4, 0.5) is 5.69 Å². The van der Waals surface area contributed by atoms with E-state index < -0.39 is 0 Å². The molecule has 82 valence electrons. The Hall–Kier alpha value is -0.250. The van der Waals surface area contributed by atoms with Gasteiger partial charge in [-0.1, -0.05) is 27.5 Å². The van der Waals surface area contributed by atoms with Gasteiger partial charge in [0.2, 0.25) is 0 Å². The molecular formula is C11H14BrClN2. The predicted octanol–water partition coefficient (Wildman–Crippen LogP) is 3.03. The fourth-order valence-corrected chi connectivity index (χ4v) is 2.54. The number of piperidine rings is 1. The Morgan fingerprint density at radius 3 is 3.00 bits per heavy atom. The van der Waals surface area contributed by atoms with Crippen molar-refractivity contribution >= 4 is 33.2 Å². The molecule has 1 heterocycles. The van der Waals surface area contributed by atoms with E-state index in [4.69, 9.17) is 17.3 Å². The van der Waals surface area contributed by atoms with Crippen LogP contribution in [0.5, 0.6) is 0 Å². The molecule has 1 atom stereocenters. The molecule has 1 aliphatic heterocycles. The van der Waals surface area contributed by atoms with Crippen LogP contribution in [0.15, 0.2) is 22.7 Å². The first-order valence-electron chi connectivity index (χ1n) is 5.12. The molecule has 2 N–H and O–H groups in total. The molecule has 1 aromatic carbocycles. The van der Waals surface area contributed by atoms with Crippen LogP contribution in [-0.2, 0) is 0 Å². The summed E-state index contributed by atoms with van der Waals surface area (Å²) in [6, 6.07) is 6.20. The van der Waals surface area contributed by atoms with Crippen molar-refractivity contribution in [2.45, 2.75) is 18.9 Å². The largest absolute Gasteiger partial charge is 0.369 e. The first kappa shape index (κ1) is 11.2. The lowest BCUT2D eigenvalue weighted by Gasteiger charge is -2.33. The number of nitrogens with two attached hydrogens (primary N) is 1. The van der Waals surface area contributed by atoms with E-state index in [0.717, 1.165) is 41.1 Å². The third-order valence-corrected chi connectivity index (χ3v) is 3.52. The normalized spacial score (nSPS) is 21.8. The van der Waals surface area contributed by atoms with Gasteiger partial charge in [-0.2, -0.15) is 0 Å². The Balaban J connectivity index is 2.24. The maximum absolute atomic E-state index is 6.17. The molecule has 4 heteroatoms. The molecule has 2 rings (SSSR count). The highest BCUT2D eigenvalue weighted by Crippen LogP contribution is 2.30. The molecule has 0 radical (unpaired) electrons. The van der Waals surface area contributed by atoms with Gasteiger partial charge in [-0.3, -0.25) is 0 Å². The van der Waals surface area contributed by atoms with Crippen molar-refractivity contribution in [1.82, 2.24) is 0 Å². The molecule has 1 aliphatic rings. The Bertz CT molecular complexity index is 356. The summed E-state index contributed by atoms with van der Waals surface area (Å²) in [5, 5.41) is 0.798. The molecule has 0 aliphatic carbocycles. The van der Waals surface area contributed by atoms with Crippen LogP contribution < -0.4 is 10.6 Å². The summed E-state index contributed by atoms with van der Waals surface area (Å²) in [6.07, 6.45) is 2.26. The Morgan fingerprint density at radius 2 is 2.27 bits per heavy atom. The van der Waals surface area contributed by atoms with Crippen molar-refractivity contribution in [3.05, 3.63) is 27.7 Å². The second-order valence-corrected chi connectivity index (χ2v) is 5.27. The molecule has 1 fully saturated rings. The minimum absolute atomic E-state index is 0.272. The fourth-order valence-electron chi connectivity index (χ4n) is 1.96. The molecular weight excluding hydrogens is 275 g/mol. The summed E-state index contributed by atoms with van der Waals surface area (Å²) in [7, 11) is 0. The van der Waals surface area contributed by atoms with Gasteiger partial charge in [0.15, 0.2) is 0 Å². The zero-order valence-electron chi connectivity index (χ0n) is 8.42. The minimum atomic E-state index is 0.272. The maximum Gasteiger partial charge on any atom is 0.0640 e.